The number of hydrogen-bond acceptors (Lipinski definition) is 2. The molecular weight excluding hydrogens is 310 g/mol. The van der Waals surface area contributed by atoms with Crippen LogP contribution in [0.15, 0.2) is 22.7 Å². The Balaban J connectivity index is 0.00000256. The largest absolute Gasteiger partial charge is 0.340 e. The minimum absolute atomic E-state index is 0. The molecule has 0 atom stereocenters. The lowest BCUT2D eigenvalue weighted by atomic mass is 10.2. The molecule has 0 radical (unpaired) electrons. The average molecular weight is 326 g/mol. The lowest BCUT2D eigenvalue weighted by molar-refractivity contribution is 0.0796. The van der Waals surface area contributed by atoms with E-state index in [0.717, 1.165) is 0 Å². The molecule has 0 spiro atoms. The fourth-order valence-corrected chi connectivity index (χ4v) is 1.48. The van der Waals surface area contributed by atoms with Gasteiger partial charge in [0, 0.05) is 25.7 Å². The van der Waals surface area contributed by atoms with Crippen molar-refractivity contribution in [1.29, 1.82) is 0 Å². The highest BCUT2D eigenvalue weighted by Gasteiger charge is 2.12. The van der Waals surface area contributed by atoms with E-state index in [-0.39, 0.29) is 18.3 Å². The van der Waals surface area contributed by atoms with Gasteiger partial charge in [-0.25, -0.2) is 4.39 Å². The van der Waals surface area contributed by atoms with E-state index < -0.39 is 5.82 Å². The first-order chi connectivity index (χ1) is 7.56. The van der Waals surface area contributed by atoms with Gasteiger partial charge in [-0.3, -0.25) is 4.79 Å². The smallest absolute Gasteiger partial charge is 0.253 e. The Hall–Kier alpha value is -0.650. The molecule has 0 saturated carbocycles. The summed E-state index contributed by atoms with van der Waals surface area (Å²) in [6.45, 7) is 1.30. The van der Waals surface area contributed by atoms with E-state index in [0.29, 0.717) is 23.1 Å². The van der Waals surface area contributed by atoms with Crippen molar-refractivity contribution in [2.45, 2.75) is 0 Å². The zero-order valence-electron chi connectivity index (χ0n) is 9.67. The van der Waals surface area contributed by atoms with Gasteiger partial charge in [-0.15, -0.1) is 12.4 Å². The zero-order valence-corrected chi connectivity index (χ0v) is 12.1. The van der Waals surface area contributed by atoms with Gasteiger partial charge in [0.1, 0.15) is 5.82 Å². The molecule has 0 aliphatic heterocycles. The SMILES string of the molecule is CNCCN(C)C(=O)c1ccc(Br)c(F)c1.Cl. The summed E-state index contributed by atoms with van der Waals surface area (Å²) >= 11 is 3.05. The van der Waals surface area contributed by atoms with Crippen LogP contribution in [-0.4, -0.2) is 38.0 Å². The molecule has 1 aromatic carbocycles. The number of benzene rings is 1. The highest BCUT2D eigenvalue weighted by atomic mass is 79.9. The van der Waals surface area contributed by atoms with Crippen molar-refractivity contribution in [2.75, 3.05) is 27.2 Å². The van der Waals surface area contributed by atoms with E-state index in [4.69, 9.17) is 0 Å². The molecule has 1 N–H and O–H groups in total. The van der Waals surface area contributed by atoms with Crippen LogP contribution in [0.4, 0.5) is 4.39 Å². The molecule has 1 aromatic rings. The Morgan fingerprint density at radius 1 is 1.53 bits per heavy atom. The topological polar surface area (TPSA) is 32.3 Å². The van der Waals surface area contributed by atoms with Gasteiger partial charge in [0.2, 0.25) is 0 Å². The summed E-state index contributed by atoms with van der Waals surface area (Å²) < 4.78 is 13.6. The maximum Gasteiger partial charge on any atom is 0.253 e. The predicted octanol–water partition coefficient (Wildman–Crippen LogP) is 2.30. The summed E-state index contributed by atoms with van der Waals surface area (Å²) in [6, 6.07) is 4.38. The third-order valence-electron chi connectivity index (χ3n) is 2.21. The Kier molecular flexibility index (Phi) is 7.34. The number of hydrogen-bond donors (Lipinski definition) is 1. The van der Waals surface area contributed by atoms with Gasteiger partial charge in [0.05, 0.1) is 4.47 Å². The van der Waals surface area contributed by atoms with Crippen molar-refractivity contribution in [3.63, 3.8) is 0 Å². The van der Waals surface area contributed by atoms with E-state index in [1.165, 1.54) is 12.1 Å². The molecule has 0 aliphatic rings. The zero-order chi connectivity index (χ0) is 12.1. The van der Waals surface area contributed by atoms with E-state index >= 15 is 0 Å². The number of halogens is 3. The van der Waals surface area contributed by atoms with E-state index in [2.05, 4.69) is 21.2 Å². The minimum atomic E-state index is -0.423. The molecule has 0 heterocycles. The molecule has 0 saturated heterocycles. The van der Waals surface area contributed by atoms with Crippen molar-refractivity contribution in [3.8, 4) is 0 Å². The second kappa shape index (κ2) is 7.63. The number of nitrogens with one attached hydrogen (secondary N) is 1. The standard InChI is InChI=1S/C11H14BrFN2O.ClH/c1-14-5-6-15(2)11(16)8-3-4-9(12)10(13)7-8;/h3-4,7,14H,5-6H2,1-2H3;1H. The van der Waals surface area contributed by atoms with Crippen molar-refractivity contribution >= 4 is 34.2 Å². The van der Waals surface area contributed by atoms with Crippen molar-refractivity contribution in [3.05, 3.63) is 34.1 Å². The first kappa shape index (κ1) is 16.4. The minimum Gasteiger partial charge on any atom is -0.340 e. The van der Waals surface area contributed by atoms with Crippen LogP contribution in [0.25, 0.3) is 0 Å². The Bertz CT molecular complexity index is 390. The number of carbonyl (C=O) groups excluding carboxylic acids is 1. The van der Waals surface area contributed by atoms with Crippen molar-refractivity contribution in [2.24, 2.45) is 0 Å². The van der Waals surface area contributed by atoms with E-state index in [9.17, 15) is 9.18 Å². The van der Waals surface area contributed by atoms with Gasteiger partial charge in [-0.05, 0) is 41.2 Å². The molecule has 0 aliphatic carbocycles. The maximum atomic E-state index is 13.2. The summed E-state index contributed by atoms with van der Waals surface area (Å²) in [5.41, 5.74) is 0.360. The van der Waals surface area contributed by atoms with Gasteiger partial charge < -0.3 is 10.2 Å². The highest BCUT2D eigenvalue weighted by molar-refractivity contribution is 9.10. The van der Waals surface area contributed by atoms with Crippen LogP contribution in [0.3, 0.4) is 0 Å². The summed E-state index contributed by atoms with van der Waals surface area (Å²) in [4.78, 5) is 13.4. The lowest BCUT2D eigenvalue weighted by Gasteiger charge is -2.16. The van der Waals surface area contributed by atoms with Crippen molar-refractivity contribution < 1.29 is 9.18 Å². The van der Waals surface area contributed by atoms with E-state index in [1.807, 2.05) is 7.05 Å². The molecule has 6 heteroatoms. The lowest BCUT2D eigenvalue weighted by Crippen LogP contribution is -2.32. The quantitative estimate of drug-likeness (QED) is 0.921. The molecular formula is C11H15BrClFN2O. The highest BCUT2D eigenvalue weighted by Crippen LogP contribution is 2.17. The molecule has 0 aromatic heterocycles. The monoisotopic (exact) mass is 324 g/mol. The molecule has 1 rings (SSSR count). The molecule has 0 unspecified atom stereocenters. The van der Waals surface area contributed by atoms with Crippen LogP contribution in [0.1, 0.15) is 10.4 Å². The number of likely N-dealkylation sites (N-methyl/N-ethyl adjacent to an activating group) is 2. The molecule has 17 heavy (non-hydrogen) atoms. The van der Waals surface area contributed by atoms with Crippen LogP contribution >= 0.6 is 28.3 Å². The summed E-state index contributed by atoms with van der Waals surface area (Å²) in [5.74, 6) is -0.602. The number of amides is 1. The van der Waals surface area contributed by atoms with Gasteiger partial charge in [0.15, 0.2) is 0 Å². The predicted molar refractivity (Wildman–Crippen MR) is 72.2 cm³/mol. The first-order valence-corrected chi connectivity index (χ1v) is 5.70. The summed E-state index contributed by atoms with van der Waals surface area (Å²) in [7, 11) is 3.51. The molecule has 1 amide bonds. The van der Waals surface area contributed by atoms with Gasteiger partial charge >= 0.3 is 0 Å². The number of rotatable bonds is 4. The molecule has 3 nitrogen and oxygen atoms in total. The first-order valence-electron chi connectivity index (χ1n) is 4.91. The molecule has 96 valence electrons. The van der Waals surface area contributed by atoms with Gasteiger partial charge in [0.25, 0.3) is 5.91 Å². The summed E-state index contributed by atoms with van der Waals surface area (Å²) in [6.07, 6.45) is 0. The second-order valence-electron chi connectivity index (χ2n) is 3.46. The maximum absolute atomic E-state index is 13.2. The molecule has 0 bridgehead atoms. The van der Waals surface area contributed by atoms with Gasteiger partial charge in [-0.2, -0.15) is 0 Å². The fraction of sp³-hybridized carbons (Fsp3) is 0.364. The number of carbonyl (C=O) groups is 1. The Morgan fingerprint density at radius 2 is 2.18 bits per heavy atom. The summed E-state index contributed by atoms with van der Waals surface area (Å²) in [5, 5.41) is 2.95. The third kappa shape index (κ3) is 4.61. The van der Waals surface area contributed by atoms with E-state index in [1.54, 1.807) is 18.0 Å². The van der Waals surface area contributed by atoms with Crippen LogP contribution < -0.4 is 5.32 Å². The molecule has 0 fully saturated rings. The van der Waals surface area contributed by atoms with Crippen LogP contribution in [0.2, 0.25) is 0 Å². The normalized spacial score (nSPS) is 9.65. The fourth-order valence-electron chi connectivity index (χ4n) is 1.23. The second-order valence-corrected chi connectivity index (χ2v) is 4.31. The Morgan fingerprint density at radius 3 is 2.71 bits per heavy atom. The Labute approximate surface area is 115 Å². The van der Waals surface area contributed by atoms with Crippen molar-refractivity contribution in [1.82, 2.24) is 10.2 Å². The van der Waals surface area contributed by atoms with Crippen LogP contribution in [0, 0.1) is 5.82 Å². The van der Waals surface area contributed by atoms with Gasteiger partial charge in [-0.1, -0.05) is 0 Å². The number of nitrogens with zero attached hydrogens (tertiary/aromatic N) is 1. The van der Waals surface area contributed by atoms with Crippen LogP contribution in [-0.2, 0) is 0 Å². The average Bonchev–Trinajstić information content (AvgIpc) is 2.28. The third-order valence-corrected chi connectivity index (χ3v) is 2.85. The van der Waals surface area contributed by atoms with Crippen LogP contribution in [0.5, 0.6) is 0 Å².